The Labute approximate surface area is 159 Å². The fourth-order valence-corrected chi connectivity index (χ4v) is 3.16. The van der Waals surface area contributed by atoms with E-state index in [1.54, 1.807) is 49.7 Å². The van der Waals surface area contributed by atoms with Crippen LogP contribution in [0, 0.1) is 6.42 Å². The summed E-state index contributed by atoms with van der Waals surface area (Å²) in [5, 5.41) is 2.69. The third kappa shape index (κ3) is 5.29. The van der Waals surface area contributed by atoms with Crippen molar-refractivity contribution < 1.29 is 9.53 Å². The lowest BCUT2D eigenvalue weighted by atomic mass is 10.1. The first-order valence-corrected chi connectivity index (χ1v) is 9.35. The number of anilines is 1. The normalized spacial score (nSPS) is 15.7. The SMILES string of the molecule is CC(C)(C)OC(=O)Nc1cnc2ccc(=O)n(CCN3CC[CH]CC3)c2c1. The highest BCUT2D eigenvalue weighted by Gasteiger charge is 2.17. The third-order valence-corrected chi connectivity index (χ3v) is 4.42. The van der Waals surface area contributed by atoms with E-state index >= 15 is 0 Å². The summed E-state index contributed by atoms with van der Waals surface area (Å²) in [6, 6.07) is 5.03. The Morgan fingerprint density at radius 2 is 1.96 bits per heavy atom. The van der Waals surface area contributed by atoms with Crippen LogP contribution in [0.25, 0.3) is 11.0 Å². The molecule has 1 radical (unpaired) electrons. The highest BCUT2D eigenvalue weighted by atomic mass is 16.6. The van der Waals surface area contributed by atoms with Gasteiger partial charge in [-0.2, -0.15) is 0 Å². The minimum Gasteiger partial charge on any atom is -0.444 e. The van der Waals surface area contributed by atoms with E-state index in [2.05, 4.69) is 21.6 Å². The van der Waals surface area contributed by atoms with Gasteiger partial charge in [-0.15, -0.1) is 0 Å². The molecule has 1 N–H and O–H groups in total. The zero-order valence-electron chi connectivity index (χ0n) is 16.2. The molecule has 1 fully saturated rings. The van der Waals surface area contributed by atoms with Gasteiger partial charge >= 0.3 is 6.09 Å². The van der Waals surface area contributed by atoms with Gasteiger partial charge in [-0.1, -0.05) is 0 Å². The maximum absolute atomic E-state index is 12.4. The van der Waals surface area contributed by atoms with Crippen LogP contribution in [0.4, 0.5) is 10.5 Å². The molecule has 0 atom stereocenters. The first-order chi connectivity index (χ1) is 12.8. The predicted octanol–water partition coefficient (Wildman–Crippen LogP) is 3.04. The number of ether oxygens (including phenoxy) is 1. The predicted molar refractivity (Wildman–Crippen MR) is 106 cm³/mol. The molecule has 3 heterocycles. The number of nitrogens with one attached hydrogen (secondary N) is 1. The second kappa shape index (κ2) is 8.08. The summed E-state index contributed by atoms with van der Waals surface area (Å²) in [6.07, 6.45) is 5.52. The molecule has 1 amide bonds. The number of hydrogen-bond acceptors (Lipinski definition) is 5. The molecule has 0 unspecified atom stereocenters. The summed E-state index contributed by atoms with van der Waals surface area (Å²) < 4.78 is 7.00. The van der Waals surface area contributed by atoms with Crippen molar-refractivity contribution in [2.75, 3.05) is 25.0 Å². The molecule has 7 heteroatoms. The molecule has 3 rings (SSSR count). The average molecular weight is 371 g/mol. The molecule has 0 bridgehead atoms. The van der Waals surface area contributed by atoms with Crippen LogP contribution < -0.4 is 10.9 Å². The van der Waals surface area contributed by atoms with Crippen LogP contribution in [0.2, 0.25) is 0 Å². The van der Waals surface area contributed by atoms with Crippen molar-refractivity contribution >= 4 is 22.8 Å². The van der Waals surface area contributed by atoms with Crippen molar-refractivity contribution in [3.63, 3.8) is 0 Å². The van der Waals surface area contributed by atoms with Crippen molar-refractivity contribution in [3.05, 3.63) is 41.2 Å². The summed E-state index contributed by atoms with van der Waals surface area (Å²) in [6.45, 7) is 8.89. The molecule has 145 valence electrons. The van der Waals surface area contributed by atoms with E-state index in [4.69, 9.17) is 4.74 Å². The third-order valence-electron chi connectivity index (χ3n) is 4.42. The first-order valence-electron chi connectivity index (χ1n) is 9.35. The van der Waals surface area contributed by atoms with Gasteiger partial charge in [0.05, 0.1) is 22.9 Å². The Bertz CT molecular complexity index is 864. The maximum atomic E-state index is 12.4. The topological polar surface area (TPSA) is 76.5 Å². The van der Waals surface area contributed by atoms with Gasteiger partial charge in [0.25, 0.3) is 5.56 Å². The monoisotopic (exact) mass is 371 g/mol. The van der Waals surface area contributed by atoms with Gasteiger partial charge in [0, 0.05) is 19.2 Å². The van der Waals surface area contributed by atoms with E-state index in [1.165, 1.54) is 0 Å². The minimum atomic E-state index is -0.581. The van der Waals surface area contributed by atoms with Gasteiger partial charge < -0.3 is 14.2 Å². The number of amides is 1. The lowest BCUT2D eigenvalue weighted by molar-refractivity contribution is 0.0636. The van der Waals surface area contributed by atoms with Crippen LogP contribution in [0.15, 0.2) is 29.2 Å². The number of nitrogens with zero attached hydrogens (tertiary/aromatic N) is 3. The number of piperidine rings is 1. The van der Waals surface area contributed by atoms with E-state index in [0.29, 0.717) is 17.7 Å². The molecular weight excluding hydrogens is 344 g/mol. The molecule has 2 aromatic rings. The van der Waals surface area contributed by atoms with E-state index in [0.717, 1.165) is 38.0 Å². The molecule has 1 aliphatic heterocycles. The van der Waals surface area contributed by atoms with Crippen molar-refractivity contribution in [3.8, 4) is 0 Å². The number of aromatic nitrogens is 2. The number of likely N-dealkylation sites (tertiary alicyclic amines) is 1. The first kappa shape index (κ1) is 19.4. The minimum absolute atomic E-state index is 0.0673. The van der Waals surface area contributed by atoms with Crippen molar-refractivity contribution in [2.24, 2.45) is 0 Å². The Kier molecular flexibility index (Phi) is 5.79. The Hall–Kier alpha value is -2.41. The maximum Gasteiger partial charge on any atom is 0.412 e. The van der Waals surface area contributed by atoms with Gasteiger partial charge in [-0.25, -0.2) is 4.79 Å². The molecule has 0 aromatic carbocycles. The van der Waals surface area contributed by atoms with Crippen LogP contribution in [-0.4, -0.2) is 45.8 Å². The molecule has 0 spiro atoms. The lowest BCUT2D eigenvalue weighted by Gasteiger charge is -2.26. The quantitative estimate of drug-likeness (QED) is 0.894. The van der Waals surface area contributed by atoms with Crippen molar-refractivity contribution in [2.45, 2.75) is 45.8 Å². The van der Waals surface area contributed by atoms with Crippen molar-refractivity contribution in [1.29, 1.82) is 0 Å². The number of rotatable bonds is 4. The van der Waals surface area contributed by atoms with Gasteiger partial charge in [0.15, 0.2) is 0 Å². The lowest BCUT2D eigenvalue weighted by Crippen LogP contribution is -2.34. The number of carbonyl (C=O) groups is 1. The molecule has 7 nitrogen and oxygen atoms in total. The second-order valence-corrected chi connectivity index (χ2v) is 7.79. The molecule has 27 heavy (non-hydrogen) atoms. The van der Waals surface area contributed by atoms with Gasteiger partial charge in [-0.3, -0.25) is 15.1 Å². The van der Waals surface area contributed by atoms with Crippen LogP contribution in [0.5, 0.6) is 0 Å². The molecule has 1 aliphatic rings. The van der Waals surface area contributed by atoms with Crippen LogP contribution >= 0.6 is 0 Å². The summed E-state index contributed by atoms with van der Waals surface area (Å²) in [4.78, 5) is 31.2. The number of pyridine rings is 2. The number of fused-ring (bicyclic) bond motifs is 1. The van der Waals surface area contributed by atoms with Crippen molar-refractivity contribution in [1.82, 2.24) is 14.5 Å². The van der Waals surface area contributed by atoms with E-state index in [-0.39, 0.29) is 5.56 Å². The zero-order valence-corrected chi connectivity index (χ0v) is 16.2. The number of hydrogen-bond donors (Lipinski definition) is 1. The molecule has 1 saturated heterocycles. The number of carbonyl (C=O) groups excluding carboxylic acids is 1. The highest BCUT2D eigenvalue weighted by molar-refractivity contribution is 5.88. The largest absolute Gasteiger partial charge is 0.444 e. The second-order valence-electron chi connectivity index (χ2n) is 7.79. The van der Waals surface area contributed by atoms with Crippen LogP contribution in [0.1, 0.15) is 33.6 Å². The Morgan fingerprint density at radius 3 is 2.67 bits per heavy atom. The smallest absolute Gasteiger partial charge is 0.412 e. The van der Waals surface area contributed by atoms with E-state index in [1.807, 2.05) is 0 Å². The van der Waals surface area contributed by atoms with Gasteiger partial charge in [0.2, 0.25) is 0 Å². The Morgan fingerprint density at radius 1 is 1.22 bits per heavy atom. The molecule has 0 saturated carbocycles. The summed E-state index contributed by atoms with van der Waals surface area (Å²) >= 11 is 0. The fraction of sp³-hybridized carbons (Fsp3) is 0.500. The van der Waals surface area contributed by atoms with Gasteiger partial charge in [0.1, 0.15) is 5.60 Å². The Balaban J connectivity index is 1.81. The van der Waals surface area contributed by atoms with E-state index in [9.17, 15) is 9.59 Å². The fourth-order valence-electron chi connectivity index (χ4n) is 3.16. The molecule has 0 aliphatic carbocycles. The molecule has 2 aromatic heterocycles. The van der Waals surface area contributed by atoms with Crippen LogP contribution in [-0.2, 0) is 11.3 Å². The summed E-state index contributed by atoms with van der Waals surface area (Å²) in [5.74, 6) is 0. The molecular formula is C20H27N4O3. The zero-order chi connectivity index (χ0) is 19.4. The summed E-state index contributed by atoms with van der Waals surface area (Å²) in [7, 11) is 0. The summed E-state index contributed by atoms with van der Waals surface area (Å²) in [5.41, 5.74) is 1.28. The van der Waals surface area contributed by atoms with E-state index < -0.39 is 11.7 Å². The van der Waals surface area contributed by atoms with Crippen LogP contribution in [0.3, 0.4) is 0 Å². The average Bonchev–Trinajstić information content (AvgIpc) is 2.60. The standard InChI is InChI=1S/C20H27N4O3/c1-20(2,3)27-19(26)22-15-13-17-16(21-14-15)7-8-18(25)24(17)12-11-23-9-5-4-6-10-23/h4,7-8,13-14H,5-6,9-12H2,1-3H3,(H,22,26). The highest BCUT2D eigenvalue weighted by Crippen LogP contribution is 2.17. The van der Waals surface area contributed by atoms with Gasteiger partial charge in [-0.05, 0) is 65.3 Å².